The number of hydrogen-bond donors (Lipinski definition) is 1. The molecule has 0 aliphatic carbocycles. The van der Waals surface area contributed by atoms with Crippen LogP contribution < -0.4 is 10.1 Å². The van der Waals surface area contributed by atoms with Gasteiger partial charge in [-0.2, -0.15) is 11.3 Å². The molecule has 2 aromatic rings. The van der Waals surface area contributed by atoms with E-state index in [-0.39, 0.29) is 6.04 Å². The van der Waals surface area contributed by atoms with E-state index in [1.165, 1.54) is 11.1 Å². The van der Waals surface area contributed by atoms with Crippen molar-refractivity contribution in [1.82, 2.24) is 5.32 Å². The predicted octanol–water partition coefficient (Wildman–Crippen LogP) is 4.17. The van der Waals surface area contributed by atoms with Crippen LogP contribution in [0.5, 0.6) is 5.75 Å². The molecule has 3 heteroatoms. The zero-order valence-corrected chi connectivity index (χ0v) is 11.8. The third kappa shape index (κ3) is 2.92. The third-order valence-electron chi connectivity index (χ3n) is 3.15. The largest absolute Gasteiger partial charge is 0.496 e. The van der Waals surface area contributed by atoms with E-state index >= 15 is 0 Å². The van der Waals surface area contributed by atoms with Gasteiger partial charge in [0.1, 0.15) is 5.75 Å². The van der Waals surface area contributed by atoms with Crippen LogP contribution in [0.1, 0.15) is 37.1 Å². The second kappa shape index (κ2) is 6.03. The Kier molecular flexibility index (Phi) is 4.39. The molecule has 0 saturated heterocycles. The quantitative estimate of drug-likeness (QED) is 0.872. The molecule has 0 radical (unpaired) electrons. The van der Waals surface area contributed by atoms with Crippen LogP contribution in [0.3, 0.4) is 0 Å². The van der Waals surface area contributed by atoms with Gasteiger partial charge >= 0.3 is 0 Å². The Balaban J connectivity index is 2.09. The van der Waals surface area contributed by atoms with Gasteiger partial charge in [0, 0.05) is 17.6 Å². The number of nitrogens with one attached hydrogen (secondary N) is 1. The smallest absolute Gasteiger partial charge is 0.123 e. The number of thiophene rings is 1. The fraction of sp³-hybridized carbons (Fsp3) is 0.333. The van der Waals surface area contributed by atoms with E-state index in [0.717, 1.165) is 5.75 Å². The van der Waals surface area contributed by atoms with Crippen LogP contribution in [0.25, 0.3) is 0 Å². The molecule has 96 valence electrons. The topological polar surface area (TPSA) is 21.3 Å². The van der Waals surface area contributed by atoms with Crippen molar-refractivity contribution < 1.29 is 4.74 Å². The SMILES string of the molecule is COc1ccccc1C(C)NC(C)c1ccsc1. The van der Waals surface area contributed by atoms with Crippen LogP contribution >= 0.6 is 11.3 Å². The van der Waals surface area contributed by atoms with Crippen molar-refractivity contribution in [1.29, 1.82) is 0 Å². The van der Waals surface area contributed by atoms with Gasteiger partial charge in [-0.1, -0.05) is 18.2 Å². The maximum atomic E-state index is 5.40. The van der Waals surface area contributed by atoms with E-state index in [0.29, 0.717) is 6.04 Å². The van der Waals surface area contributed by atoms with Crippen LogP contribution in [-0.4, -0.2) is 7.11 Å². The van der Waals surface area contributed by atoms with Gasteiger partial charge in [0.2, 0.25) is 0 Å². The fourth-order valence-electron chi connectivity index (χ4n) is 2.11. The number of para-hydroxylation sites is 1. The Labute approximate surface area is 113 Å². The minimum atomic E-state index is 0.260. The molecule has 1 aromatic heterocycles. The summed E-state index contributed by atoms with van der Waals surface area (Å²) in [5.41, 5.74) is 2.53. The molecule has 0 saturated carbocycles. The van der Waals surface area contributed by atoms with Gasteiger partial charge in [0.05, 0.1) is 7.11 Å². The minimum Gasteiger partial charge on any atom is -0.496 e. The first-order valence-corrected chi connectivity index (χ1v) is 7.07. The lowest BCUT2D eigenvalue weighted by Crippen LogP contribution is -2.22. The number of hydrogen-bond acceptors (Lipinski definition) is 3. The monoisotopic (exact) mass is 261 g/mol. The lowest BCUT2D eigenvalue weighted by molar-refractivity contribution is 0.396. The maximum absolute atomic E-state index is 5.40. The van der Waals surface area contributed by atoms with Crippen molar-refractivity contribution in [3.05, 3.63) is 52.2 Å². The maximum Gasteiger partial charge on any atom is 0.123 e. The lowest BCUT2D eigenvalue weighted by Gasteiger charge is -2.21. The van der Waals surface area contributed by atoms with Gasteiger partial charge in [0.25, 0.3) is 0 Å². The molecule has 0 aliphatic rings. The van der Waals surface area contributed by atoms with Crippen molar-refractivity contribution in [2.24, 2.45) is 0 Å². The number of rotatable bonds is 5. The Morgan fingerprint density at radius 3 is 2.56 bits per heavy atom. The average Bonchev–Trinajstić information content (AvgIpc) is 2.92. The minimum absolute atomic E-state index is 0.260. The highest BCUT2D eigenvalue weighted by atomic mass is 32.1. The fourth-order valence-corrected chi connectivity index (χ4v) is 2.86. The summed E-state index contributed by atoms with van der Waals surface area (Å²) in [4.78, 5) is 0. The van der Waals surface area contributed by atoms with E-state index < -0.39 is 0 Å². The first-order chi connectivity index (χ1) is 8.72. The summed E-state index contributed by atoms with van der Waals surface area (Å²) in [7, 11) is 1.72. The molecule has 1 N–H and O–H groups in total. The van der Waals surface area contributed by atoms with E-state index in [2.05, 4.69) is 42.1 Å². The van der Waals surface area contributed by atoms with Crippen molar-refractivity contribution in [3.8, 4) is 5.75 Å². The molecule has 0 amide bonds. The van der Waals surface area contributed by atoms with E-state index in [1.54, 1.807) is 18.4 Å². The normalized spacial score (nSPS) is 14.2. The summed E-state index contributed by atoms with van der Waals surface area (Å²) < 4.78 is 5.40. The summed E-state index contributed by atoms with van der Waals surface area (Å²) in [6.45, 7) is 4.36. The highest BCUT2D eigenvalue weighted by molar-refractivity contribution is 7.07. The third-order valence-corrected chi connectivity index (χ3v) is 3.85. The molecule has 2 rings (SSSR count). The first-order valence-electron chi connectivity index (χ1n) is 6.13. The second-order valence-electron chi connectivity index (χ2n) is 4.41. The molecule has 2 unspecified atom stereocenters. The molecule has 0 fully saturated rings. The van der Waals surface area contributed by atoms with Gasteiger partial charge in [-0.15, -0.1) is 0 Å². The van der Waals surface area contributed by atoms with E-state index in [1.807, 2.05) is 18.2 Å². The van der Waals surface area contributed by atoms with Gasteiger partial charge in [-0.05, 0) is 42.3 Å². The van der Waals surface area contributed by atoms with E-state index in [9.17, 15) is 0 Å². The Morgan fingerprint density at radius 1 is 1.11 bits per heavy atom. The molecule has 0 aliphatic heterocycles. The summed E-state index contributed by atoms with van der Waals surface area (Å²) in [5, 5.41) is 7.90. The summed E-state index contributed by atoms with van der Waals surface area (Å²) in [6, 6.07) is 10.9. The van der Waals surface area contributed by atoms with Crippen LogP contribution in [0.2, 0.25) is 0 Å². The van der Waals surface area contributed by atoms with Crippen LogP contribution in [-0.2, 0) is 0 Å². The van der Waals surface area contributed by atoms with Gasteiger partial charge < -0.3 is 10.1 Å². The van der Waals surface area contributed by atoms with Gasteiger partial charge in [-0.25, -0.2) is 0 Å². The molecular formula is C15H19NOS. The van der Waals surface area contributed by atoms with Crippen molar-refractivity contribution >= 4 is 11.3 Å². The summed E-state index contributed by atoms with van der Waals surface area (Å²) in [5.74, 6) is 0.940. The number of benzene rings is 1. The second-order valence-corrected chi connectivity index (χ2v) is 5.19. The van der Waals surface area contributed by atoms with Crippen LogP contribution in [0, 0.1) is 0 Å². The Morgan fingerprint density at radius 2 is 1.89 bits per heavy atom. The van der Waals surface area contributed by atoms with Crippen molar-refractivity contribution in [2.45, 2.75) is 25.9 Å². The lowest BCUT2D eigenvalue weighted by atomic mass is 10.0. The van der Waals surface area contributed by atoms with E-state index in [4.69, 9.17) is 4.74 Å². The molecule has 1 heterocycles. The van der Waals surface area contributed by atoms with Crippen LogP contribution in [0.15, 0.2) is 41.1 Å². The number of methoxy groups -OCH3 is 1. The summed E-state index contributed by atoms with van der Waals surface area (Å²) in [6.07, 6.45) is 0. The van der Waals surface area contributed by atoms with Gasteiger partial charge in [-0.3, -0.25) is 0 Å². The zero-order valence-electron chi connectivity index (χ0n) is 11.0. The summed E-state index contributed by atoms with van der Waals surface area (Å²) >= 11 is 1.73. The molecule has 1 aromatic carbocycles. The van der Waals surface area contributed by atoms with Gasteiger partial charge in [0.15, 0.2) is 0 Å². The standard InChI is InChI=1S/C15H19NOS/c1-11(13-8-9-18-10-13)16-12(2)14-6-4-5-7-15(14)17-3/h4-12,16H,1-3H3. The average molecular weight is 261 g/mol. The van der Waals surface area contributed by atoms with Crippen molar-refractivity contribution in [2.75, 3.05) is 7.11 Å². The molecule has 2 atom stereocenters. The Hall–Kier alpha value is -1.32. The predicted molar refractivity (Wildman–Crippen MR) is 77.3 cm³/mol. The highest BCUT2D eigenvalue weighted by Gasteiger charge is 2.14. The highest BCUT2D eigenvalue weighted by Crippen LogP contribution is 2.27. The number of ether oxygens (including phenoxy) is 1. The molecule has 18 heavy (non-hydrogen) atoms. The van der Waals surface area contributed by atoms with Crippen LogP contribution in [0.4, 0.5) is 0 Å². The molecule has 0 spiro atoms. The molecular weight excluding hydrogens is 242 g/mol. The molecule has 2 nitrogen and oxygen atoms in total. The first kappa shape index (κ1) is 13.1. The van der Waals surface area contributed by atoms with Crippen molar-refractivity contribution in [3.63, 3.8) is 0 Å². The molecule has 0 bridgehead atoms. The Bertz CT molecular complexity index is 481. The zero-order chi connectivity index (χ0) is 13.0.